The van der Waals surface area contributed by atoms with E-state index in [0.29, 0.717) is 12.5 Å². The maximum atomic E-state index is 5.91. The van der Waals surface area contributed by atoms with Gasteiger partial charge in [-0.05, 0) is 56.5 Å². The maximum Gasteiger partial charge on any atom is 0.193 e. The number of halogens is 1. The van der Waals surface area contributed by atoms with E-state index in [9.17, 15) is 0 Å². The zero-order chi connectivity index (χ0) is 16.8. The van der Waals surface area contributed by atoms with Crippen LogP contribution in [0.25, 0.3) is 0 Å². The average Bonchev–Trinajstić information content (AvgIpc) is 2.78. The van der Waals surface area contributed by atoms with Gasteiger partial charge in [-0.25, -0.2) is 0 Å². The summed E-state index contributed by atoms with van der Waals surface area (Å²) in [7, 11) is 3.62. The molecule has 6 nitrogen and oxygen atoms in total. The second kappa shape index (κ2) is 9.51. The van der Waals surface area contributed by atoms with E-state index >= 15 is 0 Å². The molecular weight excluding hydrogens is 417 g/mol. The summed E-state index contributed by atoms with van der Waals surface area (Å²) < 4.78 is 7.04. The number of hydrogen-bond acceptors (Lipinski definition) is 3. The first-order chi connectivity index (χ1) is 11.0. The third-order valence-electron chi connectivity index (χ3n) is 3.89. The Morgan fingerprint density at radius 2 is 1.96 bits per heavy atom. The summed E-state index contributed by atoms with van der Waals surface area (Å²) in [4.78, 5) is 4.37. The highest BCUT2D eigenvalue weighted by Gasteiger charge is 2.08. The highest BCUT2D eigenvalue weighted by molar-refractivity contribution is 14.0. The van der Waals surface area contributed by atoms with Gasteiger partial charge in [-0.1, -0.05) is 0 Å². The van der Waals surface area contributed by atoms with Crippen molar-refractivity contribution in [2.45, 2.75) is 26.7 Å². The smallest absolute Gasteiger partial charge is 0.193 e. The summed E-state index contributed by atoms with van der Waals surface area (Å²) in [5.74, 6) is 1.24. The minimum atomic E-state index is 0. The van der Waals surface area contributed by atoms with Crippen LogP contribution in [0.1, 0.15) is 23.4 Å². The van der Waals surface area contributed by atoms with E-state index < -0.39 is 0 Å². The van der Waals surface area contributed by atoms with Crippen LogP contribution in [0.5, 0.6) is 5.75 Å². The van der Waals surface area contributed by atoms with Crippen LogP contribution < -0.4 is 15.8 Å². The lowest BCUT2D eigenvalue weighted by Gasteiger charge is -2.07. The largest absolute Gasteiger partial charge is 0.497 e. The quantitative estimate of drug-likeness (QED) is 0.312. The van der Waals surface area contributed by atoms with E-state index in [2.05, 4.69) is 22.3 Å². The van der Waals surface area contributed by atoms with Gasteiger partial charge in [0.25, 0.3) is 0 Å². The highest BCUT2D eigenvalue weighted by atomic mass is 127. The molecule has 24 heavy (non-hydrogen) atoms. The monoisotopic (exact) mass is 443 g/mol. The van der Waals surface area contributed by atoms with E-state index in [0.717, 1.165) is 30.0 Å². The number of ether oxygens (including phenoxy) is 1. The third kappa shape index (κ3) is 5.40. The van der Waals surface area contributed by atoms with Crippen LogP contribution in [0.15, 0.2) is 29.3 Å². The first kappa shape index (κ1) is 20.3. The third-order valence-corrected chi connectivity index (χ3v) is 3.89. The Hall–Kier alpha value is -1.77. The fourth-order valence-corrected chi connectivity index (χ4v) is 2.50. The van der Waals surface area contributed by atoms with Crippen LogP contribution in [0, 0.1) is 13.8 Å². The average molecular weight is 443 g/mol. The Kier molecular flexibility index (Phi) is 8.03. The van der Waals surface area contributed by atoms with Gasteiger partial charge in [0, 0.05) is 25.0 Å². The predicted octanol–water partition coefficient (Wildman–Crippen LogP) is 3.02. The molecule has 7 heteroatoms. The van der Waals surface area contributed by atoms with Gasteiger partial charge >= 0.3 is 0 Å². The van der Waals surface area contributed by atoms with Crippen molar-refractivity contribution in [2.24, 2.45) is 17.8 Å². The van der Waals surface area contributed by atoms with Crippen LogP contribution in [-0.4, -0.2) is 29.4 Å². The van der Waals surface area contributed by atoms with Gasteiger partial charge in [0.05, 0.1) is 12.8 Å². The maximum absolute atomic E-state index is 5.91. The number of nitrogens with two attached hydrogens (primary N) is 1. The lowest BCUT2D eigenvalue weighted by Crippen LogP contribution is -2.22. The highest BCUT2D eigenvalue weighted by Crippen LogP contribution is 2.15. The van der Waals surface area contributed by atoms with Gasteiger partial charge < -0.3 is 15.8 Å². The van der Waals surface area contributed by atoms with Crippen molar-refractivity contribution in [2.75, 3.05) is 19.0 Å². The van der Waals surface area contributed by atoms with E-state index in [1.165, 1.54) is 11.3 Å². The van der Waals surface area contributed by atoms with Crippen molar-refractivity contribution in [1.82, 2.24) is 9.78 Å². The summed E-state index contributed by atoms with van der Waals surface area (Å²) in [6, 6.07) is 7.57. The molecule has 0 aliphatic rings. The Labute approximate surface area is 160 Å². The van der Waals surface area contributed by atoms with Crippen LogP contribution in [0.3, 0.4) is 0 Å². The SMILES string of the molecule is COc1ccc(NC(N)=NCCCc2c(C)nn(C)c2C)cc1.I. The molecule has 0 saturated carbocycles. The van der Waals surface area contributed by atoms with Crippen molar-refractivity contribution >= 4 is 35.6 Å². The molecule has 2 aromatic rings. The number of anilines is 1. The van der Waals surface area contributed by atoms with Crippen LogP contribution in [0.4, 0.5) is 5.69 Å². The standard InChI is InChI=1S/C17H25N5O.HI/c1-12-16(13(2)22(3)21-12)6-5-11-19-17(18)20-14-7-9-15(23-4)10-8-14;/h7-10H,5-6,11H2,1-4H3,(H3,18,19,20);1H. The van der Waals surface area contributed by atoms with E-state index in [-0.39, 0.29) is 24.0 Å². The Morgan fingerprint density at radius 1 is 1.29 bits per heavy atom. The molecule has 1 aromatic heterocycles. The summed E-state index contributed by atoms with van der Waals surface area (Å²) in [6.07, 6.45) is 1.91. The number of benzene rings is 1. The zero-order valence-corrected chi connectivity index (χ0v) is 17.0. The van der Waals surface area contributed by atoms with Crippen molar-refractivity contribution < 1.29 is 4.74 Å². The molecule has 0 amide bonds. The van der Waals surface area contributed by atoms with Gasteiger partial charge in [-0.3, -0.25) is 9.67 Å². The van der Waals surface area contributed by atoms with E-state index in [1.807, 2.05) is 42.9 Å². The topological polar surface area (TPSA) is 77.5 Å². The summed E-state index contributed by atoms with van der Waals surface area (Å²) in [5.41, 5.74) is 10.4. The zero-order valence-electron chi connectivity index (χ0n) is 14.7. The molecule has 0 bridgehead atoms. The van der Waals surface area contributed by atoms with Gasteiger partial charge in [-0.15, -0.1) is 24.0 Å². The summed E-state index contributed by atoms with van der Waals surface area (Å²) >= 11 is 0. The van der Waals surface area contributed by atoms with Crippen molar-refractivity contribution in [3.63, 3.8) is 0 Å². The van der Waals surface area contributed by atoms with Crippen molar-refractivity contribution in [1.29, 1.82) is 0 Å². The molecule has 2 rings (SSSR count). The second-order valence-corrected chi connectivity index (χ2v) is 5.50. The van der Waals surface area contributed by atoms with Crippen LogP contribution in [-0.2, 0) is 13.5 Å². The fourth-order valence-electron chi connectivity index (χ4n) is 2.50. The molecule has 3 N–H and O–H groups in total. The number of nitrogens with one attached hydrogen (secondary N) is 1. The lowest BCUT2D eigenvalue weighted by molar-refractivity contribution is 0.415. The minimum Gasteiger partial charge on any atom is -0.497 e. The number of aliphatic imine (C=N–C) groups is 1. The number of guanidine groups is 1. The number of nitrogens with zero attached hydrogens (tertiary/aromatic N) is 3. The van der Waals surface area contributed by atoms with Gasteiger partial charge in [0.2, 0.25) is 0 Å². The number of aromatic nitrogens is 2. The fraction of sp³-hybridized carbons (Fsp3) is 0.412. The van der Waals surface area contributed by atoms with E-state index in [1.54, 1.807) is 7.11 Å². The van der Waals surface area contributed by atoms with Crippen LogP contribution >= 0.6 is 24.0 Å². The number of hydrogen-bond donors (Lipinski definition) is 2. The number of rotatable bonds is 6. The molecule has 0 aliphatic carbocycles. The number of methoxy groups -OCH3 is 1. The Morgan fingerprint density at radius 3 is 2.50 bits per heavy atom. The molecule has 0 fully saturated rings. The molecule has 1 heterocycles. The van der Waals surface area contributed by atoms with E-state index in [4.69, 9.17) is 10.5 Å². The summed E-state index contributed by atoms with van der Waals surface area (Å²) in [6.45, 7) is 4.83. The van der Waals surface area contributed by atoms with Gasteiger partial charge in [-0.2, -0.15) is 5.10 Å². The van der Waals surface area contributed by atoms with Crippen molar-refractivity contribution in [3.05, 3.63) is 41.2 Å². The molecule has 0 atom stereocenters. The first-order valence-corrected chi connectivity index (χ1v) is 7.71. The molecule has 1 aromatic carbocycles. The molecule has 0 unspecified atom stereocenters. The Bertz CT molecular complexity index is 679. The second-order valence-electron chi connectivity index (χ2n) is 5.50. The summed E-state index contributed by atoms with van der Waals surface area (Å²) in [5, 5.41) is 7.50. The lowest BCUT2D eigenvalue weighted by atomic mass is 10.1. The van der Waals surface area contributed by atoms with Crippen molar-refractivity contribution in [3.8, 4) is 5.75 Å². The molecule has 132 valence electrons. The normalized spacial score (nSPS) is 11.1. The first-order valence-electron chi connectivity index (χ1n) is 7.71. The molecule has 0 radical (unpaired) electrons. The van der Waals surface area contributed by atoms with Crippen LogP contribution in [0.2, 0.25) is 0 Å². The predicted molar refractivity (Wildman–Crippen MR) is 110 cm³/mol. The minimum absolute atomic E-state index is 0. The van der Waals surface area contributed by atoms with Gasteiger partial charge in [0.1, 0.15) is 5.75 Å². The molecular formula is C17H26IN5O. The molecule has 0 saturated heterocycles. The number of aryl methyl sites for hydroxylation is 2. The molecule has 0 aliphatic heterocycles. The van der Waals surface area contributed by atoms with Gasteiger partial charge in [0.15, 0.2) is 5.96 Å². The Balaban J connectivity index is 0.00000288. The molecule has 0 spiro atoms.